The average Bonchev–Trinajstić information content (AvgIpc) is 3.14. The number of esters is 1. The second-order valence-electron chi connectivity index (χ2n) is 8.32. The first-order chi connectivity index (χ1) is 18.7. The Hall–Kier alpha value is -4.71. The minimum absolute atomic E-state index is 0.0306. The molecule has 12 heteroatoms. The van der Waals surface area contributed by atoms with Gasteiger partial charge in [-0.15, -0.1) is 0 Å². The van der Waals surface area contributed by atoms with Gasteiger partial charge >= 0.3 is 5.97 Å². The summed E-state index contributed by atoms with van der Waals surface area (Å²) in [6, 6.07) is 14.5. The van der Waals surface area contributed by atoms with Crippen LogP contribution in [-0.4, -0.2) is 46.5 Å². The lowest BCUT2D eigenvalue weighted by atomic mass is 10.1. The van der Waals surface area contributed by atoms with Crippen molar-refractivity contribution in [1.82, 2.24) is 10.4 Å². The molecule has 1 atom stereocenters. The Kier molecular flexibility index (Phi) is 8.25. The first-order valence-corrected chi connectivity index (χ1v) is 12.1. The van der Waals surface area contributed by atoms with Crippen LogP contribution < -0.4 is 15.6 Å². The zero-order valence-corrected chi connectivity index (χ0v) is 21.3. The topological polar surface area (TPSA) is 108 Å². The minimum Gasteiger partial charge on any atom is -0.462 e. The van der Waals surface area contributed by atoms with Crippen LogP contribution in [0.25, 0.3) is 0 Å². The largest absolute Gasteiger partial charge is 0.462 e. The highest BCUT2D eigenvalue weighted by Gasteiger charge is 2.45. The molecule has 0 aromatic heterocycles. The molecule has 0 saturated carbocycles. The minimum atomic E-state index is -1.26. The van der Waals surface area contributed by atoms with Gasteiger partial charge in [-0.1, -0.05) is 6.07 Å². The number of hydrogen-bond acceptors (Lipinski definition) is 6. The Morgan fingerprint density at radius 1 is 0.949 bits per heavy atom. The van der Waals surface area contributed by atoms with Crippen molar-refractivity contribution in [1.29, 1.82) is 0 Å². The summed E-state index contributed by atoms with van der Waals surface area (Å²) in [5, 5.41) is 3.49. The van der Waals surface area contributed by atoms with E-state index in [4.69, 9.17) is 17.0 Å². The highest BCUT2D eigenvalue weighted by molar-refractivity contribution is 7.80. The molecule has 1 heterocycles. The fourth-order valence-electron chi connectivity index (χ4n) is 3.82. The Bertz CT molecular complexity index is 1430. The average molecular weight is 553 g/mol. The molecule has 39 heavy (non-hydrogen) atoms. The molecule has 0 bridgehead atoms. The van der Waals surface area contributed by atoms with E-state index in [9.17, 15) is 28.0 Å². The summed E-state index contributed by atoms with van der Waals surface area (Å²) in [5.74, 6) is -3.65. The normalized spacial score (nSPS) is 14.8. The van der Waals surface area contributed by atoms with Gasteiger partial charge in [0.2, 0.25) is 11.0 Å². The Labute approximate surface area is 227 Å². The van der Waals surface area contributed by atoms with Gasteiger partial charge < -0.3 is 10.1 Å². The van der Waals surface area contributed by atoms with E-state index in [1.165, 1.54) is 66.7 Å². The van der Waals surface area contributed by atoms with E-state index in [0.29, 0.717) is 5.69 Å². The van der Waals surface area contributed by atoms with Crippen LogP contribution in [0, 0.1) is 11.6 Å². The first-order valence-electron chi connectivity index (χ1n) is 11.7. The highest BCUT2D eigenvalue weighted by atomic mass is 32.1. The van der Waals surface area contributed by atoms with E-state index in [-0.39, 0.29) is 28.5 Å². The second-order valence-corrected chi connectivity index (χ2v) is 8.68. The van der Waals surface area contributed by atoms with Crippen LogP contribution in [-0.2, 0) is 14.3 Å². The fraction of sp³-hybridized carbons (Fsp3) is 0.148. The number of thiocarbonyl (C=S) groups is 1. The summed E-state index contributed by atoms with van der Waals surface area (Å²) >= 11 is 5.49. The highest BCUT2D eigenvalue weighted by Crippen LogP contribution is 2.27. The van der Waals surface area contributed by atoms with Crippen molar-refractivity contribution >= 4 is 52.4 Å². The molecular weight excluding hydrogens is 530 g/mol. The van der Waals surface area contributed by atoms with Crippen LogP contribution in [0.15, 0.2) is 72.8 Å². The van der Waals surface area contributed by atoms with Crippen LogP contribution in [0.1, 0.15) is 34.1 Å². The van der Waals surface area contributed by atoms with Crippen LogP contribution in [0.4, 0.5) is 20.2 Å². The van der Waals surface area contributed by atoms with Gasteiger partial charge in [-0.25, -0.2) is 18.6 Å². The Balaban J connectivity index is 1.60. The maximum atomic E-state index is 13.7. The third kappa shape index (κ3) is 6.24. The Morgan fingerprint density at radius 2 is 1.64 bits per heavy atom. The van der Waals surface area contributed by atoms with Gasteiger partial charge in [0, 0.05) is 11.3 Å². The van der Waals surface area contributed by atoms with Crippen LogP contribution in [0.3, 0.4) is 0 Å². The first kappa shape index (κ1) is 27.3. The number of anilines is 2. The lowest BCUT2D eigenvalue weighted by Crippen LogP contribution is -2.49. The molecule has 3 amide bonds. The summed E-state index contributed by atoms with van der Waals surface area (Å²) in [4.78, 5) is 52.3. The van der Waals surface area contributed by atoms with Crippen molar-refractivity contribution in [3.63, 3.8) is 0 Å². The molecule has 0 spiro atoms. The molecular formula is C27H22F2N4O5S. The van der Waals surface area contributed by atoms with E-state index in [1.54, 1.807) is 6.92 Å². The van der Waals surface area contributed by atoms with Gasteiger partial charge in [-0.2, -0.15) is 0 Å². The van der Waals surface area contributed by atoms with E-state index in [0.717, 1.165) is 16.0 Å². The number of amides is 3. The lowest BCUT2D eigenvalue weighted by molar-refractivity contribution is -0.124. The maximum absolute atomic E-state index is 13.7. The molecule has 2 N–H and O–H groups in total. The zero-order chi connectivity index (χ0) is 28.1. The van der Waals surface area contributed by atoms with Crippen LogP contribution in [0.5, 0.6) is 0 Å². The van der Waals surface area contributed by atoms with Gasteiger partial charge in [-0.05, 0) is 85.9 Å². The summed E-state index contributed by atoms with van der Waals surface area (Å²) in [6.07, 6.45) is -0.433. The maximum Gasteiger partial charge on any atom is 0.338 e. The molecule has 200 valence electrons. The Morgan fingerprint density at radius 3 is 2.28 bits per heavy atom. The summed E-state index contributed by atoms with van der Waals surface area (Å²) < 4.78 is 31.9. The quantitative estimate of drug-likeness (QED) is 0.323. The number of carbonyl (C=O) groups excluding carboxylic acids is 4. The third-order valence-electron chi connectivity index (χ3n) is 5.67. The van der Waals surface area contributed by atoms with Crippen molar-refractivity contribution in [3.05, 3.63) is 95.6 Å². The molecule has 0 radical (unpaired) electrons. The molecule has 1 saturated heterocycles. The van der Waals surface area contributed by atoms with E-state index in [1.807, 2.05) is 0 Å². The van der Waals surface area contributed by atoms with Crippen molar-refractivity contribution in [2.24, 2.45) is 0 Å². The SMILES string of the molecule is CCOC(=O)c1ccc(N2C(=O)C(CC(=O)Nc3ccc(F)cc3)N(NC(=O)c3cccc(F)c3)C2=S)cc1. The molecule has 9 nitrogen and oxygen atoms in total. The van der Waals surface area contributed by atoms with Gasteiger partial charge in [0.15, 0.2) is 0 Å². The van der Waals surface area contributed by atoms with Gasteiger partial charge in [-0.3, -0.25) is 24.7 Å². The predicted octanol–water partition coefficient (Wildman–Crippen LogP) is 3.82. The van der Waals surface area contributed by atoms with Crippen molar-refractivity contribution < 1.29 is 32.7 Å². The predicted molar refractivity (Wildman–Crippen MR) is 142 cm³/mol. The molecule has 3 aromatic carbocycles. The van der Waals surface area contributed by atoms with Crippen LogP contribution >= 0.6 is 12.2 Å². The second kappa shape index (κ2) is 11.8. The van der Waals surface area contributed by atoms with Crippen molar-refractivity contribution in [2.45, 2.75) is 19.4 Å². The molecule has 1 aliphatic heterocycles. The van der Waals surface area contributed by atoms with Crippen molar-refractivity contribution in [3.8, 4) is 0 Å². The van der Waals surface area contributed by atoms with E-state index >= 15 is 0 Å². The van der Waals surface area contributed by atoms with E-state index < -0.39 is 47.8 Å². The number of carbonyl (C=O) groups is 4. The summed E-state index contributed by atoms with van der Waals surface area (Å²) in [5.41, 5.74) is 3.30. The number of nitrogens with zero attached hydrogens (tertiary/aromatic N) is 2. The smallest absolute Gasteiger partial charge is 0.338 e. The van der Waals surface area contributed by atoms with Gasteiger partial charge in [0.1, 0.15) is 17.7 Å². The zero-order valence-electron chi connectivity index (χ0n) is 20.5. The summed E-state index contributed by atoms with van der Waals surface area (Å²) in [7, 11) is 0. The monoisotopic (exact) mass is 552 g/mol. The molecule has 1 aliphatic rings. The number of benzene rings is 3. The van der Waals surface area contributed by atoms with Crippen molar-refractivity contribution in [2.75, 3.05) is 16.8 Å². The molecule has 1 fully saturated rings. The van der Waals surface area contributed by atoms with E-state index in [2.05, 4.69) is 10.7 Å². The number of ether oxygens (including phenoxy) is 1. The summed E-state index contributed by atoms with van der Waals surface area (Å²) in [6.45, 7) is 1.86. The number of nitrogens with one attached hydrogen (secondary N) is 2. The number of rotatable bonds is 8. The van der Waals surface area contributed by atoms with Gasteiger partial charge in [0.05, 0.1) is 24.3 Å². The van der Waals surface area contributed by atoms with Crippen LogP contribution in [0.2, 0.25) is 0 Å². The molecule has 0 aliphatic carbocycles. The molecule has 4 rings (SSSR count). The third-order valence-corrected chi connectivity index (χ3v) is 6.05. The standard InChI is InChI=1S/C27H22F2N4O5S/c1-2-38-26(37)16-6-12-21(13-7-16)32-25(36)22(15-23(34)30-20-10-8-18(28)9-11-20)33(27(32)39)31-24(35)17-4-3-5-19(29)14-17/h3-14,22H,2,15H2,1H3,(H,30,34)(H,31,35). The number of hydrazine groups is 1. The molecule has 1 unspecified atom stereocenters. The fourth-order valence-corrected chi connectivity index (χ4v) is 4.19. The number of hydrogen-bond donors (Lipinski definition) is 2. The molecule has 3 aromatic rings. The number of halogens is 2. The lowest BCUT2D eigenvalue weighted by Gasteiger charge is -2.24. The van der Waals surface area contributed by atoms with Gasteiger partial charge in [0.25, 0.3) is 11.8 Å².